The normalized spacial score (nSPS) is 22.0. The molecule has 2 rings (SSSR count). The zero-order valence-electron chi connectivity index (χ0n) is 37.6. The lowest BCUT2D eigenvalue weighted by Crippen LogP contribution is -2.51. The number of carbonyl (C=O) groups excluding carboxylic acids is 2. The third kappa shape index (κ3) is 24.0. The first-order valence-corrected chi connectivity index (χ1v) is 20.2. The van der Waals surface area contributed by atoms with Crippen LogP contribution in [0.1, 0.15) is 55.4 Å². The number of aliphatic hydroxyl groups excluding tert-OH is 4. The second-order valence-corrected chi connectivity index (χ2v) is 16.4. The van der Waals surface area contributed by atoms with Gasteiger partial charge in [-0.25, -0.2) is 34.0 Å². The number of carboxylic acids is 3. The molecule has 2 heterocycles. The second-order valence-electron chi connectivity index (χ2n) is 15.6. The van der Waals surface area contributed by atoms with E-state index in [0.717, 1.165) is 0 Å². The first kappa shape index (κ1) is 63.2. The average molecular weight is 1010 g/mol. The number of aliphatic carboxylic acids is 3. The number of halogens is 5. The van der Waals surface area contributed by atoms with Gasteiger partial charge in [0.05, 0.1) is 30.6 Å². The van der Waals surface area contributed by atoms with E-state index in [1.807, 2.05) is 0 Å². The Morgan fingerprint density at radius 1 is 0.727 bits per heavy atom. The average Bonchev–Trinajstić information content (AvgIpc) is 3.16. The number of alkyl halides is 5. The van der Waals surface area contributed by atoms with Crippen molar-refractivity contribution >= 4 is 65.2 Å². The molecule has 0 radical (unpaired) electrons. The Labute approximate surface area is 387 Å². The van der Waals surface area contributed by atoms with Crippen LogP contribution >= 0.6 is 23.2 Å². The van der Waals surface area contributed by atoms with Crippen molar-refractivity contribution < 1.29 is 101 Å². The highest BCUT2D eigenvalue weighted by Gasteiger charge is 2.43. The molecule has 0 saturated heterocycles. The van der Waals surface area contributed by atoms with Gasteiger partial charge in [-0.3, -0.25) is 10.6 Å². The van der Waals surface area contributed by atoms with Crippen LogP contribution in [0.3, 0.4) is 0 Å². The van der Waals surface area contributed by atoms with E-state index >= 15 is 0 Å². The fourth-order valence-corrected chi connectivity index (χ4v) is 5.32. The largest absolute Gasteiger partial charge is 0.490 e. The fraction of sp³-hybridized carbons (Fsp3) is 0.703. The number of guanidine groups is 2. The number of nitrogens with zero attached hydrogens (tertiary/aromatic N) is 2. The van der Waals surface area contributed by atoms with Crippen LogP contribution in [0.25, 0.3) is 0 Å². The Morgan fingerprint density at radius 2 is 1.03 bits per heavy atom. The third-order valence-electron chi connectivity index (χ3n) is 8.09. The van der Waals surface area contributed by atoms with Gasteiger partial charge in [-0.05, 0) is 53.7 Å². The van der Waals surface area contributed by atoms with E-state index in [-0.39, 0.29) is 28.9 Å². The van der Waals surface area contributed by atoms with Gasteiger partial charge in [0.1, 0.15) is 47.8 Å². The predicted molar refractivity (Wildman–Crippen MR) is 227 cm³/mol. The first-order chi connectivity index (χ1) is 30.1. The molecule has 13 N–H and O–H groups in total. The molecule has 10 atom stereocenters. The Hall–Kier alpha value is -4.90. The number of ether oxygens (including phenoxy) is 6. The Bertz CT molecular complexity index is 1670. The van der Waals surface area contributed by atoms with Gasteiger partial charge in [-0.2, -0.15) is 13.2 Å². The minimum atomic E-state index is -5.08. The monoisotopic (exact) mass is 1000 g/mol. The molecular weight excluding hydrogens is 944 g/mol. The van der Waals surface area contributed by atoms with Gasteiger partial charge in [-0.15, -0.1) is 23.2 Å². The van der Waals surface area contributed by atoms with Crippen molar-refractivity contribution in [2.24, 2.45) is 33.3 Å². The fourth-order valence-electron chi connectivity index (χ4n) is 5.32. The topological polar surface area (TPSA) is 383 Å². The van der Waals surface area contributed by atoms with Crippen LogP contribution in [0.2, 0.25) is 0 Å². The molecular formula is C37H61Cl2F3N6O18. The van der Waals surface area contributed by atoms with Gasteiger partial charge in [0.25, 0.3) is 0 Å². The van der Waals surface area contributed by atoms with E-state index in [2.05, 4.69) is 20.6 Å². The summed E-state index contributed by atoms with van der Waals surface area (Å²) in [6.45, 7) is 12.1. The zero-order valence-corrected chi connectivity index (χ0v) is 39.1. The van der Waals surface area contributed by atoms with Crippen LogP contribution in [0.5, 0.6) is 0 Å². The lowest BCUT2D eigenvalue weighted by molar-refractivity contribution is -0.192. The van der Waals surface area contributed by atoms with Crippen LogP contribution in [0, 0.1) is 11.8 Å². The van der Waals surface area contributed by atoms with E-state index in [1.165, 1.54) is 26.4 Å². The molecule has 29 heteroatoms. The molecule has 24 nitrogen and oxygen atoms in total. The van der Waals surface area contributed by atoms with Crippen LogP contribution in [-0.2, 0) is 42.8 Å². The number of hydrogen-bond donors (Lipinski definition) is 11. The number of nitrogens with two attached hydrogens (primary N) is 2. The van der Waals surface area contributed by atoms with Crippen LogP contribution < -0.4 is 22.1 Å². The van der Waals surface area contributed by atoms with Crippen molar-refractivity contribution in [2.75, 3.05) is 32.8 Å². The highest BCUT2D eigenvalue weighted by Crippen LogP contribution is 2.31. The molecule has 2 aliphatic heterocycles. The molecule has 0 aliphatic carbocycles. The van der Waals surface area contributed by atoms with E-state index in [0.29, 0.717) is 0 Å². The SMILES string of the molecule is CO[C@@H]([C@@H]1OC(C(=O)O)=C[C@H](N=C(N)N)[C@H]1C)[C@H](O)CO.CO[C@@H]([C@@H]1OC(C(=O)O)=C[C@H](N=C(NC(=O)OC(C)(C)C)NC(=O)OC(C)(C)C)[C@H]1C)[C@H](O)CO.ClCCl.O=C(O)C(F)(F)F. The maximum Gasteiger partial charge on any atom is 0.490 e. The van der Waals surface area contributed by atoms with Crippen LogP contribution in [0.15, 0.2) is 33.7 Å². The molecule has 0 saturated carbocycles. The van der Waals surface area contributed by atoms with Crippen molar-refractivity contribution in [3.8, 4) is 0 Å². The molecule has 66 heavy (non-hydrogen) atoms. The van der Waals surface area contributed by atoms with Crippen LogP contribution in [0.4, 0.5) is 22.8 Å². The van der Waals surface area contributed by atoms with E-state index < -0.39 is 121 Å². The van der Waals surface area contributed by atoms with Gasteiger partial charge < -0.3 is 75.6 Å². The number of alkyl carbamates (subject to hydrolysis) is 2. The minimum Gasteiger partial charge on any atom is -0.480 e. The maximum atomic E-state index is 12.4. The van der Waals surface area contributed by atoms with Gasteiger partial charge >= 0.3 is 36.3 Å². The first-order valence-electron chi connectivity index (χ1n) is 19.1. The van der Waals surface area contributed by atoms with E-state index in [1.54, 1.807) is 55.4 Å². The molecule has 0 spiro atoms. The van der Waals surface area contributed by atoms with Crippen molar-refractivity contribution in [1.82, 2.24) is 10.6 Å². The van der Waals surface area contributed by atoms with Gasteiger partial charge in [0.15, 0.2) is 5.96 Å². The smallest absolute Gasteiger partial charge is 0.480 e. The van der Waals surface area contributed by atoms with Gasteiger partial charge in [0.2, 0.25) is 17.5 Å². The Morgan fingerprint density at radius 3 is 1.26 bits per heavy atom. The highest BCUT2D eigenvalue weighted by molar-refractivity contribution is 6.40. The standard InChI is InChI=1S/C22H37N3O10.C12H21N3O6.C2HF3O2.CH2Cl2/c1-11-12(9-14(17(28)29)33-15(11)16(32-8)13(27)10-26)23-18(24-19(30)34-21(2,3)4)25-20(31)35-22(5,6)7;1-5-6(15-12(13)14)3-8(11(18)19)21-9(5)10(20-2)7(17)4-16;3-2(4,5)1(6)7;2-1-3/h9,11-13,15-16,26-27H,10H2,1-8H3,(H,28,29)(H2,23,24,25,30,31);3,5-7,9-10,16-17H,4H2,1-2H3,(H,18,19)(H4,13,14,15);(H,6,7);1H2/t11-,12+,13-,15-,16-;5-,6+,7-,9-,10-;;/m11../s1. The van der Waals surface area contributed by atoms with Crippen molar-refractivity contribution in [3.63, 3.8) is 0 Å². The number of hydrogen-bond acceptors (Lipinski definition) is 17. The summed E-state index contributed by atoms with van der Waals surface area (Å²) in [5, 5.41) is 68.9. The van der Waals surface area contributed by atoms with Crippen molar-refractivity contribution in [1.29, 1.82) is 0 Å². The number of methoxy groups -OCH3 is 2. The second kappa shape index (κ2) is 29.0. The number of rotatable bonds is 12. The zero-order chi connectivity index (χ0) is 52.1. The number of carboxylic acid groups (broad SMARTS) is 3. The molecule has 2 aliphatic rings. The molecule has 0 unspecified atom stereocenters. The van der Waals surface area contributed by atoms with Gasteiger partial charge in [-0.1, -0.05) is 13.8 Å². The maximum absolute atomic E-state index is 12.4. The molecule has 0 aromatic heterocycles. The minimum absolute atomic E-state index is 0.190. The summed E-state index contributed by atoms with van der Waals surface area (Å²) in [6, 6.07) is -1.60. The summed E-state index contributed by atoms with van der Waals surface area (Å²) in [7, 11) is 2.60. The lowest BCUT2D eigenvalue weighted by Gasteiger charge is -2.38. The third-order valence-corrected chi connectivity index (χ3v) is 8.09. The molecule has 2 amide bonds. The summed E-state index contributed by atoms with van der Waals surface area (Å²) >= 11 is 9.53. The lowest BCUT2D eigenvalue weighted by atomic mass is 9.87. The summed E-state index contributed by atoms with van der Waals surface area (Å²) in [4.78, 5) is 64.7. The number of aliphatic imine (C=N–C) groups is 2. The van der Waals surface area contributed by atoms with Gasteiger partial charge in [0, 0.05) is 26.1 Å². The predicted octanol–water partition coefficient (Wildman–Crippen LogP) is 1.19. The quantitative estimate of drug-likeness (QED) is 0.0743. The number of carbonyl (C=O) groups is 5. The molecule has 0 aromatic carbocycles. The summed E-state index contributed by atoms with van der Waals surface area (Å²) in [5.74, 6) is -7.82. The van der Waals surface area contributed by atoms with Crippen LogP contribution in [-0.4, -0.2) is 177 Å². The summed E-state index contributed by atoms with van der Waals surface area (Å²) in [5.41, 5.74) is 8.98. The molecule has 0 fully saturated rings. The Balaban J connectivity index is 0. The van der Waals surface area contributed by atoms with E-state index in [4.69, 9.17) is 83.2 Å². The molecule has 382 valence electrons. The van der Waals surface area contributed by atoms with Crippen molar-refractivity contribution in [2.45, 2.75) is 121 Å². The number of nitrogens with one attached hydrogen (secondary N) is 2. The van der Waals surface area contributed by atoms with Crippen molar-refractivity contribution in [3.05, 3.63) is 23.7 Å². The Kier molecular flexibility index (Phi) is 27.7. The number of amides is 2. The number of aliphatic hydroxyl groups is 4. The summed E-state index contributed by atoms with van der Waals surface area (Å²) < 4.78 is 63.4. The van der Waals surface area contributed by atoms with E-state index in [9.17, 15) is 52.8 Å². The molecule has 0 bridgehead atoms. The highest BCUT2D eigenvalue weighted by atomic mass is 35.5. The summed E-state index contributed by atoms with van der Waals surface area (Å²) in [6.07, 6.45) is -10.9. The molecule has 0 aromatic rings.